The van der Waals surface area contributed by atoms with E-state index in [1.165, 1.54) is 10.7 Å². The average molecular weight is 297 g/mol. The molecule has 6 nitrogen and oxygen atoms in total. The first-order valence-corrected chi connectivity index (χ1v) is 6.45. The summed E-state index contributed by atoms with van der Waals surface area (Å²) in [6, 6.07) is 3.15. The van der Waals surface area contributed by atoms with Gasteiger partial charge in [-0.2, -0.15) is 10.2 Å². The van der Waals surface area contributed by atoms with E-state index in [9.17, 15) is 13.6 Å². The lowest BCUT2D eigenvalue weighted by atomic mass is 10.3. The summed E-state index contributed by atoms with van der Waals surface area (Å²) in [4.78, 5) is 11.8. The highest BCUT2D eigenvalue weighted by atomic mass is 19.3. The molecular weight excluding hydrogens is 280 g/mol. The number of aryl methyl sites for hydroxylation is 3. The first-order valence-electron chi connectivity index (χ1n) is 6.45. The first-order chi connectivity index (χ1) is 9.86. The predicted molar refractivity (Wildman–Crippen MR) is 71.7 cm³/mol. The second kappa shape index (κ2) is 6.02. The summed E-state index contributed by atoms with van der Waals surface area (Å²) in [5, 5.41) is 10.6. The van der Waals surface area contributed by atoms with Gasteiger partial charge in [0.25, 0.3) is 6.43 Å². The van der Waals surface area contributed by atoms with Crippen molar-refractivity contribution in [3.63, 3.8) is 0 Å². The molecule has 0 unspecified atom stereocenters. The fourth-order valence-electron chi connectivity index (χ4n) is 1.90. The predicted octanol–water partition coefficient (Wildman–Crippen LogP) is 1.49. The molecule has 1 N–H and O–H groups in total. The number of nitrogens with zero attached hydrogens (tertiary/aromatic N) is 4. The Morgan fingerprint density at radius 2 is 2.00 bits per heavy atom. The summed E-state index contributed by atoms with van der Waals surface area (Å²) < 4.78 is 28.0. The molecule has 0 bridgehead atoms. The minimum absolute atomic E-state index is 0.0929. The van der Waals surface area contributed by atoms with Crippen molar-refractivity contribution in [2.75, 3.05) is 0 Å². The third-order valence-electron chi connectivity index (χ3n) is 3.15. The van der Waals surface area contributed by atoms with E-state index in [1.807, 2.05) is 20.0 Å². The van der Waals surface area contributed by atoms with Crippen LogP contribution in [0.1, 0.15) is 29.2 Å². The molecule has 2 aromatic rings. The van der Waals surface area contributed by atoms with E-state index < -0.39 is 6.43 Å². The number of hydrogen-bond donors (Lipinski definition) is 1. The highest BCUT2D eigenvalue weighted by Gasteiger charge is 2.15. The number of halogens is 2. The largest absolute Gasteiger partial charge is 0.349 e. The first kappa shape index (κ1) is 15.1. The van der Waals surface area contributed by atoms with Crippen LogP contribution in [0.15, 0.2) is 12.1 Å². The SMILES string of the molecule is Cc1cc(CNC(=O)Cn2nc(C(F)F)cc2C)nn1C. The molecular formula is C13H17F2N5O. The fraction of sp³-hybridized carbons (Fsp3) is 0.462. The van der Waals surface area contributed by atoms with Crippen molar-refractivity contribution in [2.45, 2.75) is 33.4 Å². The second-order valence-corrected chi connectivity index (χ2v) is 4.85. The average Bonchev–Trinajstić information content (AvgIpc) is 2.92. The van der Waals surface area contributed by atoms with Crippen LogP contribution in [-0.2, 0) is 24.9 Å². The van der Waals surface area contributed by atoms with Crippen molar-refractivity contribution in [1.29, 1.82) is 0 Å². The van der Waals surface area contributed by atoms with Gasteiger partial charge in [-0.1, -0.05) is 0 Å². The Bertz CT molecular complexity index is 628. The molecule has 0 fully saturated rings. The lowest BCUT2D eigenvalue weighted by Gasteiger charge is -2.05. The highest BCUT2D eigenvalue weighted by molar-refractivity contribution is 5.75. The van der Waals surface area contributed by atoms with Gasteiger partial charge in [-0.15, -0.1) is 0 Å². The number of alkyl halides is 2. The zero-order chi connectivity index (χ0) is 15.6. The van der Waals surface area contributed by atoms with Crippen LogP contribution >= 0.6 is 0 Å². The standard InChI is InChI=1S/C13H17F2N5O/c1-8-4-10(17-19(8)3)6-16-12(21)7-20-9(2)5-11(18-20)13(14)15/h4-5,13H,6-7H2,1-3H3,(H,16,21). The third kappa shape index (κ3) is 3.65. The highest BCUT2D eigenvalue weighted by Crippen LogP contribution is 2.17. The quantitative estimate of drug-likeness (QED) is 0.909. The normalized spacial score (nSPS) is 11.1. The molecule has 2 rings (SSSR count). The zero-order valence-electron chi connectivity index (χ0n) is 12.1. The molecule has 2 heterocycles. The Morgan fingerprint density at radius 1 is 1.29 bits per heavy atom. The summed E-state index contributed by atoms with van der Waals surface area (Å²) in [6.07, 6.45) is -2.63. The van der Waals surface area contributed by atoms with Crippen LogP contribution in [-0.4, -0.2) is 25.5 Å². The number of rotatable bonds is 5. The number of carbonyl (C=O) groups excluding carboxylic acids is 1. The van der Waals surface area contributed by atoms with Crippen LogP contribution in [0.4, 0.5) is 8.78 Å². The van der Waals surface area contributed by atoms with E-state index in [1.54, 1.807) is 11.6 Å². The Labute approximate surface area is 120 Å². The van der Waals surface area contributed by atoms with Crippen molar-refractivity contribution in [3.8, 4) is 0 Å². The Kier molecular flexibility index (Phi) is 4.35. The van der Waals surface area contributed by atoms with Crippen LogP contribution in [0.2, 0.25) is 0 Å². The number of nitrogens with one attached hydrogen (secondary N) is 1. The van der Waals surface area contributed by atoms with Crippen LogP contribution < -0.4 is 5.32 Å². The minimum atomic E-state index is -2.63. The summed E-state index contributed by atoms with van der Waals surface area (Å²) in [5.74, 6) is -0.301. The lowest BCUT2D eigenvalue weighted by Crippen LogP contribution is -2.28. The van der Waals surface area contributed by atoms with Gasteiger partial charge in [0, 0.05) is 18.4 Å². The van der Waals surface area contributed by atoms with E-state index in [0.717, 1.165) is 11.4 Å². The summed E-state index contributed by atoms with van der Waals surface area (Å²) in [7, 11) is 1.82. The molecule has 0 saturated heterocycles. The van der Waals surface area contributed by atoms with E-state index in [-0.39, 0.29) is 18.1 Å². The van der Waals surface area contributed by atoms with Crippen LogP contribution in [0.25, 0.3) is 0 Å². The molecule has 0 aliphatic carbocycles. The van der Waals surface area contributed by atoms with E-state index in [2.05, 4.69) is 15.5 Å². The molecule has 114 valence electrons. The molecule has 0 radical (unpaired) electrons. The van der Waals surface area contributed by atoms with E-state index >= 15 is 0 Å². The number of aromatic nitrogens is 4. The fourth-order valence-corrected chi connectivity index (χ4v) is 1.90. The molecule has 0 spiro atoms. The van der Waals surface area contributed by atoms with Crippen LogP contribution in [0.5, 0.6) is 0 Å². The molecule has 8 heteroatoms. The van der Waals surface area contributed by atoms with Gasteiger partial charge in [0.15, 0.2) is 0 Å². The van der Waals surface area contributed by atoms with Crippen molar-refractivity contribution < 1.29 is 13.6 Å². The summed E-state index contributed by atoms with van der Waals surface area (Å²) in [6.45, 7) is 3.75. The second-order valence-electron chi connectivity index (χ2n) is 4.85. The van der Waals surface area contributed by atoms with Gasteiger partial charge >= 0.3 is 0 Å². The molecule has 0 atom stereocenters. The van der Waals surface area contributed by atoms with Gasteiger partial charge in [0.05, 0.1) is 12.2 Å². The maximum Gasteiger partial charge on any atom is 0.282 e. The summed E-state index contributed by atoms with van der Waals surface area (Å²) >= 11 is 0. The molecule has 0 aliphatic heterocycles. The van der Waals surface area contributed by atoms with Crippen molar-refractivity contribution in [2.24, 2.45) is 7.05 Å². The molecule has 21 heavy (non-hydrogen) atoms. The van der Waals surface area contributed by atoms with Gasteiger partial charge < -0.3 is 5.32 Å². The zero-order valence-corrected chi connectivity index (χ0v) is 12.1. The maximum atomic E-state index is 12.5. The molecule has 1 amide bonds. The molecule has 0 saturated carbocycles. The number of amides is 1. The van der Waals surface area contributed by atoms with E-state index in [4.69, 9.17) is 0 Å². The maximum absolute atomic E-state index is 12.5. The lowest BCUT2D eigenvalue weighted by molar-refractivity contribution is -0.122. The van der Waals surface area contributed by atoms with Gasteiger partial charge in [-0.05, 0) is 26.0 Å². The number of hydrogen-bond acceptors (Lipinski definition) is 3. The monoisotopic (exact) mass is 297 g/mol. The Balaban J connectivity index is 1.92. The third-order valence-corrected chi connectivity index (χ3v) is 3.15. The number of carbonyl (C=O) groups is 1. The minimum Gasteiger partial charge on any atom is -0.349 e. The topological polar surface area (TPSA) is 64.7 Å². The molecule has 0 aromatic carbocycles. The van der Waals surface area contributed by atoms with Crippen LogP contribution in [0.3, 0.4) is 0 Å². The van der Waals surface area contributed by atoms with Crippen molar-refractivity contribution >= 4 is 5.91 Å². The Hall–Kier alpha value is -2.25. The van der Waals surface area contributed by atoms with Gasteiger partial charge in [-0.3, -0.25) is 14.2 Å². The Morgan fingerprint density at radius 3 is 2.52 bits per heavy atom. The molecule has 0 aliphatic rings. The van der Waals surface area contributed by atoms with Crippen molar-refractivity contribution in [1.82, 2.24) is 24.9 Å². The van der Waals surface area contributed by atoms with Gasteiger partial charge in [-0.25, -0.2) is 8.78 Å². The van der Waals surface area contributed by atoms with Gasteiger partial charge in [0.2, 0.25) is 5.91 Å². The molecule has 2 aromatic heterocycles. The van der Waals surface area contributed by atoms with Crippen LogP contribution in [0, 0.1) is 13.8 Å². The van der Waals surface area contributed by atoms with Crippen molar-refractivity contribution in [3.05, 3.63) is 34.9 Å². The smallest absolute Gasteiger partial charge is 0.282 e. The summed E-state index contributed by atoms with van der Waals surface area (Å²) in [5.41, 5.74) is 1.94. The van der Waals surface area contributed by atoms with E-state index in [0.29, 0.717) is 12.2 Å². The van der Waals surface area contributed by atoms with Gasteiger partial charge in [0.1, 0.15) is 12.2 Å².